The molecule has 1 unspecified atom stereocenters. The summed E-state index contributed by atoms with van der Waals surface area (Å²) in [5.41, 5.74) is 0.771. The van der Waals surface area contributed by atoms with Crippen LogP contribution in [0.1, 0.15) is 12.5 Å². The number of carbonyl (C=O) groups excluding carboxylic acids is 1. The van der Waals surface area contributed by atoms with Crippen LogP contribution in [0.5, 0.6) is 5.75 Å². The fourth-order valence-electron chi connectivity index (χ4n) is 1.65. The van der Waals surface area contributed by atoms with Gasteiger partial charge in [-0.1, -0.05) is 12.1 Å². The number of rotatable bonds is 7. The predicted molar refractivity (Wildman–Crippen MR) is 78.0 cm³/mol. The average Bonchev–Trinajstić information content (AvgIpc) is 2.45. The molecule has 8 heteroatoms. The van der Waals surface area contributed by atoms with Gasteiger partial charge in [-0.2, -0.15) is 17.4 Å². The number of ether oxygens (including phenoxy) is 2. The minimum absolute atomic E-state index is 0.153. The first-order valence-electron chi connectivity index (χ1n) is 6.24. The molecular weight excluding hydrogens is 296 g/mol. The minimum atomic E-state index is -3.79. The van der Waals surface area contributed by atoms with Gasteiger partial charge in [0.25, 0.3) is 10.2 Å². The zero-order valence-electron chi connectivity index (χ0n) is 12.5. The van der Waals surface area contributed by atoms with E-state index in [2.05, 4.69) is 9.46 Å². The molecule has 0 aliphatic carbocycles. The Morgan fingerprint density at radius 2 is 2.05 bits per heavy atom. The van der Waals surface area contributed by atoms with Crippen molar-refractivity contribution in [3.8, 4) is 5.75 Å². The minimum Gasteiger partial charge on any atom is -0.497 e. The molecule has 1 rings (SSSR count). The Balaban J connectivity index is 2.77. The number of hydrogen-bond acceptors (Lipinski definition) is 5. The molecule has 0 bridgehead atoms. The summed E-state index contributed by atoms with van der Waals surface area (Å²) in [6, 6.07) is 6.13. The molecule has 7 nitrogen and oxygen atoms in total. The summed E-state index contributed by atoms with van der Waals surface area (Å²) in [5.74, 6) is 0.00235. The van der Waals surface area contributed by atoms with Gasteiger partial charge in [0, 0.05) is 13.6 Å². The first-order valence-corrected chi connectivity index (χ1v) is 7.68. The topological polar surface area (TPSA) is 84.9 Å². The largest absolute Gasteiger partial charge is 0.497 e. The molecule has 0 saturated heterocycles. The van der Waals surface area contributed by atoms with E-state index in [9.17, 15) is 13.2 Å². The molecule has 1 N–H and O–H groups in total. The SMILES string of the molecule is COC(=O)C(C)NS(=O)(=O)N(C)Cc1cccc(OC)c1. The van der Waals surface area contributed by atoms with E-state index in [4.69, 9.17) is 4.74 Å². The van der Waals surface area contributed by atoms with E-state index in [1.807, 2.05) is 0 Å². The van der Waals surface area contributed by atoms with Crippen LogP contribution < -0.4 is 9.46 Å². The molecule has 1 atom stereocenters. The highest BCUT2D eigenvalue weighted by atomic mass is 32.2. The van der Waals surface area contributed by atoms with Crippen LogP contribution in [-0.4, -0.2) is 46.0 Å². The molecule has 1 aromatic carbocycles. The van der Waals surface area contributed by atoms with Crippen molar-refractivity contribution in [2.75, 3.05) is 21.3 Å². The molecule has 0 heterocycles. The fraction of sp³-hybridized carbons (Fsp3) is 0.462. The third-order valence-electron chi connectivity index (χ3n) is 2.83. The highest BCUT2D eigenvalue weighted by molar-refractivity contribution is 7.87. The lowest BCUT2D eigenvalue weighted by atomic mass is 10.2. The zero-order chi connectivity index (χ0) is 16.0. The van der Waals surface area contributed by atoms with Crippen molar-refractivity contribution in [3.63, 3.8) is 0 Å². The predicted octanol–water partition coefficient (Wildman–Crippen LogP) is 0.523. The molecule has 118 valence electrons. The Morgan fingerprint density at radius 3 is 2.62 bits per heavy atom. The maximum absolute atomic E-state index is 12.1. The Labute approximate surface area is 125 Å². The van der Waals surface area contributed by atoms with Crippen molar-refractivity contribution >= 4 is 16.2 Å². The Kier molecular flexibility index (Phi) is 6.13. The maximum atomic E-state index is 12.1. The van der Waals surface area contributed by atoms with Gasteiger partial charge in [0.2, 0.25) is 0 Å². The summed E-state index contributed by atoms with van der Waals surface area (Å²) in [6.45, 7) is 1.57. The average molecular weight is 316 g/mol. The van der Waals surface area contributed by atoms with Gasteiger partial charge in [0.1, 0.15) is 11.8 Å². The van der Waals surface area contributed by atoms with Crippen LogP contribution in [0, 0.1) is 0 Å². The van der Waals surface area contributed by atoms with Gasteiger partial charge in [-0.3, -0.25) is 4.79 Å². The third-order valence-corrected chi connectivity index (χ3v) is 4.43. The molecule has 21 heavy (non-hydrogen) atoms. The number of methoxy groups -OCH3 is 2. The fourth-order valence-corrected chi connectivity index (χ4v) is 2.69. The van der Waals surface area contributed by atoms with Crippen molar-refractivity contribution in [2.24, 2.45) is 0 Å². The standard InChI is InChI=1S/C13H20N2O5S/c1-10(13(16)20-4)14-21(17,18)15(2)9-11-6-5-7-12(8-11)19-3/h5-8,10,14H,9H2,1-4H3. The van der Waals surface area contributed by atoms with Crippen LogP contribution >= 0.6 is 0 Å². The second-order valence-electron chi connectivity index (χ2n) is 4.48. The highest BCUT2D eigenvalue weighted by Gasteiger charge is 2.24. The summed E-state index contributed by atoms with van der Waals surface area (Å²) in [4.78, 5) is 11.3. The number of hydrogen-bond donors (Lipinski definition) is 1. The molecule has 0 radical (unpaired) electrons. The number of esters is 1. The third kappa shape index (κ3) is 5.00. The molecule has 0 amide bonds. The quantitative estimate of drug-likeness (QED) is 0.742. The molecule has 0 aliphatic heterocycles. The van der Waals surface area contributed by atoms with Crippen molar-refractivity contribution in [2.45, 2.75) is 19.5 Å². The second kappa shape index (κ2) is 7.39. The number of benzene rings is 1. The number of nitrogens with one attached hydrogen (secondary N) is 1. The van der Waals surface area contributed by atoms with Gasteiger partial charge in [0.05, 0.1) is 14.2 Å². The van der Waals surface area contributed by atoms with Crippen molar-refractivity contribution in [1.29, 1.82) is 0 Å². The van der Waals surface area contributed by atoms with Crippen LogP contribution in [-0.2, 0) is 26.3 Å². The van der Waals surface area contributed by atoms with Crippen LogP contribution in [0.15, 0.2) is 24.3 Å². The summed E-state index contributed by atoms with van der Waals surface area (Å²) in [7, 11) is 0.374. The summed E-state index contributed by atoms with van der Waals surface area (Å²) in [6.07, 6.45) is 0. The lowest BCUT2D eigenvalue weighted by Gasteiger charge is -2.20. The van der Waals surface area contributed by atoms with E-state index < -0.39 is 22.2 Å². The summed E-state index contributed by atoms with van der Waals surface area (Å²) in [5, 5.41) is 0. The lowest BCUT2D eigenvalue weighted by Crippen LogP contribution is -2.45. The van der Waals surface area contributed by atoms with E-state index >= 15 is 0 Å². The van der Waals surface area contributed by atoms with Gasteiger partial charge in [0.15, 0.2) is 0 Å². The normalized spacial score (nSPS) is 13.0. The summed E-state index contributed by atoms with van der Waals surface area (Å²) < 4.78 is 37.1. The maximum Gasteiger partial charge on any atom is 0.323 e. The van der Waals surface area contributed by atoms with E-state index in [0.29, 0.717) is 5.75 Å². The van der Waals surface area contributed by atoms with Crippen LogP contribution in [0.2, 0.25) is 0 Å². The molecule has 0 aromatic heterocycles. The Morgan fingerprint density at radius 1 is 1.38 bits per heavy atom. The van der Waals surface area contributed by atoms with E-state index in [1.165, 1.54) is 21.1 Å². The first kappa shape index (κ1) is 17.4. The molecule has 0 fully saturated rings. The van der Waals surface area contributed by atoms with Crippen molar-refractivity contribution in [1.82, 2.24) is 9.03 Å². The zero-order valence-corrected chi connectivity index (χ0v) is 13.3. The van der Waals surface area contributed by atoms with E-state index in [-0.39, 0.29) is 6.54 Å². The molecule has 0 aliphatic rings. The lowest BCUT2D eigenvalue weighted by molar-refractivity contribution is -0.142. The van der Waals surface area contributed by atoms with Gasteiger partial charge < -0.3 is 9.47 Å². The Bertz CT molecular complexity index is 588. The second-order valence-corrected chi connectivity index (χ2v) is 6.28. The van der Waals surface area contributed by atoms with E-state index in [1.54, 1.807) is 31.4 Å². The monoisotopic (exact) mass is 316 g/mol. The molecule has 1 aromatic rings. The van der Waals surface area contributed by atoms with Crippen LogP contribution in [0.3, 0.4) is 0 Å². The smallest absolute Gasteiger partial charge is 0.323 e. The van der Waals surface area contributed by atoms with Gasteiger partial charge in [-0.05, 0) is 24.6 Å². The highest BCUT2D eigenvalue weighted by Crippen LogP contribution is 2.14. The molecular formula is C13H20N2O5S. The van der Waals surface area contributed by atoms with E-state index in [0.717, 1.165) is 9.87 Å². The van der Waals surface area contributed by atoms with Gasteiger partial charge in [-0.15, -0.1) is 0 Å². The molecule has 0 saturated carbocycles. The van der Waals surface area contributed by atoms with Gasteiger partial charge in [-0.25, -0.2) is 0 Å². The first-order chi connectivity index (χ1) is 9.80. The number of carbonyl (C=O) groups is 1. The van der Waals surface area contributed by atoms with Crippen molar-refractivity contribution < 1.29 is 22.7 Å². The summed E-state index contributed by atoms with van der Waals surface area (Å²) >= 11 is 0. The van der Waals surface area contributed by atoms with Crippen molar-refractivity contribution in [3.05, 3.63) is 29.8 Å². The molecule has 0 spiro atoms. The van der Waals surface area contributed by atoms with Crippen LogP contribution in [0.25, 0.3) is 0 Å². The number of nitrogens with zero attached hydrogens (tertiary/aromatic N) is 1. The van der Waals surface area contributed by atoms with Gasteiger partial charge >= 0.3 is 5.97 Å². The van der Waals surface area contributed by atoms with Crippen LogP contribution in [0.4, 0.5) is 0 Å². The Hall–Kier alpha value is -1.64.